The summed E-state index contributed by atoms with van der Waals surface area (Å²) in [5, 5.41) is 12.2. The van der Waals surface area contributed by atoms with Crippen molar-refractivity contribution in [3.8, 4) is 11.8 Å². The molecule has 0 heterocycles. The molecular formula is C20H30N2O3. The lowest BCUT2D eigenvalue weighted by atomic mass is 9.97. The molecule has 0 fully saturated rings. The van der Waals surface area contributed by atoms with Gasteiger partial charge < -0.3 is 14.8 Å². The fraction of sp³-hybridized carbons (Fsp3) is 0.600. The number of amides is 1. The van der Waals surface area contributed by atoms with E-state index in [0.717, 1.165) is 12.8 Å². The average molecular weight is 346 g/mol. The second kappa shape index (κ2) is 10.0. The number of nitrogens with one attached hydrogen (secondary N) is 1. The second-order valence-electron chi connectivity index (χ2n) is 6.75. The molecule has 1 amide bonds. The fourth-order valence-electron chi connectivity index (χ4n) is 2.42. The molecule has 5 heteroatoms. The van der Waals surface area contributed by atoms with Crippen molar-refractivity contribution in [3.63, 3.8) is 0 Å². The molecule has 1 rings (SSSR count). The van der Waals surface area contributed by atoms with Crippen molar-refractivity contribution in [2.45, 2.75) is 59.5 Å². The molecule has 0 spiro atoms. The number of carbonyl (C=O) groups excluding carboxylic acids is 1. The zero-order valence-corrected chi connectivity index (χ0v) is 16.0. The van der Waals surface area contributed by atoms with Crippen LogP contribution in [0, 0.1) is 17.2 Å². The fourth-order valence-corrected chi connectivity index (χ4v) is 2.42. The monoisotopic (exact) mass is 346 g/mol. The smallest absolute Gasteiger partial charge is 0.256 e. The van der Waals surface area contributed by atoms with Crippen LogP contribution < -0.4 is 10.1 Å². The van der Waals surface area contributed by atoms with Gasteiger partial charge in [-0.2, -0.15) is 5.26 Å². The van der Waals surface area contributed by atoms with Crippen molar-refractivity contribution in [1.82, 2.24) is 0 Å². The Kier molecular flexibility index (Phi) is 8.44. The van der Waals surface area contributed by atoms with E-state index < -0.39 is 5.60 Å². The number of ether oxygens (including phenoxy) is 2. The van der Waals surface area contributed by atoms with Crippen LogP contribution in [-0.2, 0) is 9.53 Å². The minimum atomic E-state index is -0.899. The summed E-state index contributed by atoms with van der Waals surface area (Å²) in [6.45, 7) is 10.9. The molecule has 138 valence electrons. The zero-order chi connectivity index (χ0) is 18.9. The number of hydrogen-bond donors (Lipinski definition) is 1. The van der Waals surface area contributed by atoms with Gasteiger partial charge in [-0.05, 0) is 44.4 Å². The van der Waals surface area contributed by atoms with Crippen LogP contribution in [0.5, 0.6) is 5.75 Å². The van der Waals surface area contributed by atoms with E-state index in [1.54, 1.807) is 25.1 Å². The second-order valence-corrected chi connectivity index (χ2v) is 6.75. The highest BCUT2D eigenvalue weighted by Crippen LogP contribution is 2.26. The molecule has 0 aliphatic heterocycles. The summed E-state index contributed by atoms with van der Waals surface area (Å²) >= 11 is 0. The van der Waals surface area contributed by atoms with Gasteiger partial charge in [0.2, 0.25) is 0 Å². The lowest BCUT2D eigenvalue weighted by molar-refractivity contribution is -0.139. The first-order valence-corrected chi connectivity index (χ1v) is 8.98. The first-order valence-electron chi connectivity index (χ1n) is 8.98. The molecule has 0 unspecified atom stereocenters. The minimum absolute atomic E-state index is 0.227. The van der Waals surface area contributed by atoms with Crippen LogP contribution in [-0.4, -0.2) is 24.7 Å². The highest BCUT2D eigenvalue weighted by atomic mass is 16.5. The van der Waals surface area contributed by atoms with Gasteiger partial charge in [-0.1, -0.05) is 33.6 Å². The summed E-state index contributed by atoms with van der Waals surface area (Å²) in [6.07, 6.45) is 2.53. The first kappa shape index (κ1) is 21.0. The Morgan fingerprint density at radius 3 is 2.64 bits per heavy atom. The molecule has 0 aliphatic carbocycles. The lowest BCUT2D eigenvalue weighted by Crippen LogP contribution is -2.43. The molecule has 0 aromatic heterocycles. The molecule has 0 saturated heterocycles. The zero-order valence-electron chi connectivity index (χ0n) is 16.0. The Morgan fingerprint density at radius 1 is 1.36 bits per heavy atom. The quantitative estimate of drug-likeness (QED) is 0.676. The van der Waals surface area contributed by atoms with Crippen LogP contribution in [0.4, 0.5) is 5.69 Å². The molecule has 1 aromatic rings. The van der Waals surface area contributed by atoms with E-state index in [9.17, 15) is 10.1 Å². The SMILES string of the molecule is CCCC[C@@](C)(OCC)C(=O)Nc1ccc(OCC(C)C)cc1C#N. The van der Waals surface area contributed by atoms with Gasteiger partial charge in [0, 0.05) is 6.61 Å². The van der Waals surface area contributed by atoms with Crippen LogP contribution in [0.25, 0.3) is 0 Å². The Labute approximate surface area is 151 Å². The highest BCUT2D eigenvalue weighted by molar-refractivity contribution is 5.98. The molecule has 0 aliphatic rings. The molecule has 0 radical (unpaired) electrons. The molecule has 1 atom stereocenters. The molecular weight excluding hydrogens is 316 g/mol. The average Bonchev–Trinajstić information content (AvgIpc) is 2.59. The normalized spacial score (nSPS) is 13.2. The third-order valence-electron chi connectivity index (χ3n) is 3.89. The summed E-state index contributed by atoms with van der Waals surface area (Å²) in [6, 6.07) is 7.25. The minimum Gasteiger partial charge on any atom is -0.493 e. The van der Waals surface area contributed by atoms with Crippen molar-refractivity contribution < 1.29 is 14.3 Å². The van der Waals surface area contributed by atoms with Gasteiger partial charge >= 0.3 is 0 Å². The van der Waals surface area contributed by atoms with Crippen LogP contribution >= 0.6 is 0 Å². The lowest BCUT2D eigenvalue weighted by Gasteiger charge is -2.28. The van der Waals surface area contributed by atoms with Crippen molar-refractivity contribution >= 4 is 11.6 Å². The van der Waals surface area contributed by atoms with Crippen LogP contribution in [0.3, 0.4) is 0 Å². The van der Waals surface area contributed by atoms with E-state index in [2.05, 4.69) is 32.2 Å². The number of benzene rings is 1. The van der Waals surface area contributed by atoms with E-state index in [1.807, 2.05) is 6.92 Å². The van der Waals surface area contributed by atoms with Crippen molar-refractivity contribution in [1.29, 1.82) is 5.26 Å². The molecule has 25 heavy (non-hydrogen) atoms. The van der Waals surface area contributed by atoms with E-state index >= 15 is 0 Å². The third kappa shape index (κ3) is 6.39. The summed E-state index contributed by atoms with van der Waals surface area (Å²) in [5.41, 5.74) is -0.0413. The van der Waals surface area contributed by atoms with Crippen molar-refractivity contribution in [2.24, 2.45) is 5.92 Å². The third-order valence-corrected chi connectivity index (χ3v) is 3.89. The van der Waals surface area contributed by atoms with E-state index in [-0.39, 0.29) is 5.91 Å². The molecule has 1 aromatic carbocycles. The molecule has 0 saturated carbocycles. The predicted octanol–water partition coefficient (Wildman–Crippen LogP) is 4.52. The summed E-state index contributed by atoms with van der Waals surface area (Å²) in [4.78, 5) is 12.7. The Balaban J connectivity index is 2.92. The van der Waals surface area contributed by atoms with Gasteiger partial charge in [-0.25, -0.2) is 0 Å². The molecule has 5 nitrogen and oxygen atoms in total. The van der Waals surface area contributed by atoms with Crippen LogP contribution in [0.15, 0.2) is 18.2 Å². The Hall–Kier alpha value is -2.06. The van der Waals surface area contributed by atoms with Gasteiger partial charge in [0.1, 0.15) is 17.4 Å². The Bertz CT molecular complexity index is 607. The van der Waals surface area contributed by atoms with Gasteiger partial charge in [0.25, 0.3) is 5.91 Å². The number of nitrogens with zero attached hydrogens (tertiary/aromatic N) is 1. The van der Waals surface area contributed by atoms with Crippen molar-refractivity contribution in [3.05, 3.63) is 23.8 Å². The maximum absolute atomic E-state index is 12.7. The number of anilines is 1. The summed E-state index contributed by atoms with van der Waals surface area (Å²) in [5.74, 6) is 0.798. The topological polar surface area (TPSA) is 71.3 Å². The van der Waals surface area contributed by atoms with Gasteiger partial charge in [-0.3, -0.25) is 4.79 Å². The van der Waals surface area contributed by atoms with Crippen LogP contribution in [0.1, 0.15) is 59.4 Å². The van der Waals surface area contributed by atoms with Crippen LogP contribution in [0.2, 0.25) is 0 Å². The molecule has 1 N–H and O–H groups in total. The van der Waals surface area contributed by atoms with E-state index in [1.165, 1.54) is 0 Å². The van der Waals surface area contributed by atoms with E-state index in [4.69, 9.17) is 9.47 Å². The number of nitriles is 1. The predicted molar refractivity (Wildman–Crippen MR) is 99.7 cm³/mol. The number of carbonyl (C=O) groups is 1. The first-order chi connectivity index (χ1) is 11.9. The maximum atomic E-state index is 12.7. The molecule has 0 bridgehead atoms. The van der Waals surface area contributed by atoms with Gasteiger partial charge in [0.05, 0.1) is 17.9 Å². The maximum Gasteiger partial charge on any atom is 0.256 e. The largest absolute Gasteiger partial charge is 0.493 e. The number of hydrogen-bond acceptors (Lipinski definition) is 4. The van der Waals surface area contributed by atoms with E-state index in [0.29, 0.717) is 42.6 Å². The summed E-state index contributed by atoms with van der Waals surface area (Å²) < 4.78 is 11.3. The van der Waals surface area contributed by atoms with Gasteiger partial charge in [-0.15, -0.1) is 0 Å². The highest BCUT2D eigenvalue weighted by Gasteiger charge is 2.33. The standard InChI is InChI=1S/C20H30N2O3/c1-6-8-11-20(5,25-7-2)19(23)22-18-10-9-17(12-16(18)13-21)24-14-15(3)4/h9-10,12,15H,6-8,11,14H2,1-5H3,(H,22,23)/t20-/m1/s1. The number of rotatable bonds is 10. The van der Waals surface area contributed by atoms with Crippen molar-refractivity contribution in [2.75, 3.05) is 18.5 Å². The number of unbranched alkanes of at least 4 members (excludes halogenated alkanes) is 1. The van der Waals surface area contributed by atoms with Gasteiger partial charge in [0.15, 0.2) is 0 Å². The summed E-state index contributed by atoms with van der Waals surface area (Å²) in [7, 11) is 0. The Morgan fingerprint density at radius 2 is 2.08 bits per heavy atom.